The van der Waals surface area contributed by atoms with Crippen LogP contribution in [0.4, 0.5) is 0 Å². The van der Waals surface area contributed by atoms with E-state index in [2.05, 4.69) is 22.3 Å². The highest BCUT2D eigenvalue weighted by Crippen LogP contribution is 2.48. The number of aliphatic imine (C=N–C) groups is 1. The highest BCUT2D eigenvalue weighted by molar-refractivity contribution is 14.0. The lowest BCUT2D eigenvalue weighted by atomic mass is 9.96. The molecule has 0 aromatic carbocycles. The molecule has 5 nitrogen and oxygen atoms in total. The maximum Gasteiger partial charge on any atom is 0.193 e. The van der Waals surface area contributed by atoms with E-state index in [1.807, 2.05) is 7.05 Å². The minimum Gasteiger partial charge on any atom is -0.385 e. The molecule has 0 spiro atoms. The monoisotopic (exact) mass is 439 g/mol. The molecule has 1 aliphatic heterocycles. The van der Waals surface area contributed by atoms with Crippen LogP contribution in [-0.4, -0.2) is 65.0 Å². The first-order valence-electron chi connectivity index (χ1n) is 8.67. The van der Waals surface area contributed by atoms with Gasteiger partial charge in [0.1, 0.15) is 0 Å². The van der Waals surface area contributed by atoms with Crippen molar-refractivity contribution in [1.29, 1.82) is 0 Å². The Bertz CT molecular complexity index is 356. The number of nitrogens with zero attached hydrogens (tertiary/aromatic N) is 2. The van der Waals surface area contributed by atoms with Crippen LogP contribution in [0.25, 0.3) is 0 Å². The number of methoxy groups -OCH3 is 1. The molecule has 0 bridgehead atoms. The number of nitrogens with one attached hydrogen (secondary N) is 1. The topological polar surface area (TPSA) is 46.1 Å². The van der Waals surface area contributed by atoms with Gasteiger partial charge in [0.25, 0.3) is 0 Å². The van der Waals surface area contributed by atoms with Gasteiger partial charge in [-0.15, -0.1) is 24.0 Å². The number of hydrogen-bond donors (Lipinski definition) is 1. The van der Waals surface area contributed by atoms with E-state index in [-0.39, 0.29) is 24.0 Å². The molecule has 2 aliphatic rings. The molecule has 23 heavy (non-hydrogen) atoms. The maximum atomic E-state index is 5.43. The summed E-state index contributed by atoms with van der Waals surface area (Å²) >= 11 is 0. The molecule has 1 saturated carbocycles. The molecule has 0 aromatic rings. The lowest BCUT2D eigenvalue weighted by Gasteiger charge is -2.27. The largest absolute Gasteiger partial charge is 0.385 e. The van der Waals surface area contributed by atoms with E-state index in [0.29, 0.717) is 5.41 Å². The van der Waals surface area contributed by atoms with Crippen LogP contribution in [-0.2, 0) is 9.47 Å². The summed E-state index contributed by atoms with van der Waals surface area (Å²) in [5.41, 5.74) is 0.452. The van der Waals surface area contributed by atoms with Gasteiger partial charge in [0.05, 0.1) is 0 Å². The highest BCUT2D eigenvalue weighted by Gasteiger charge is 2.42. The number of hydrogen-bond acceptors (Lipinski definition) is 3. The number of rotatable bonds is 8. The van der Waals surface area contributed by atoms with Crippen molar-refractivity contribution in [1.82, 2.24) is 10.2 Å². The quantitative estimate of drug-likeness (QED) is 0.359. The zero-order chi connectivity index (χ0) is 15.8. The minimum atomic E-state index is 0. The molecular formula is C17H34IN3O2. The maximum absolute atomic E-state index is 5.43. The summed E-state index contributed by atoms with van der Waals surface area (Å²) in [4.78, 5) is 6.70. The summed E-state index contributed by atoms with van der Waals surface area (Å²) in [6.07, 6.45) is 7.42. The van der Waals surface area contributed by atoms with Crippen molar-refractivity contribution in [3.63, 3.8) is 0 Å². The zero-order valence-corrected chi connectivity index (χ0v) is 17.3. The summed E-state index contributed by atoms with van der Waals surface area (Å²) < 4.78 is 10.7. The van der Waals surface area contributed by atoms with Gasteiger partial charge in [-0.2, -0.15) is 0 Å². The fourth-order valence-electron chi connectivity index (χ4n) is 3.18. The van der Waals surface area contributed by atoms with Crippen LogP contribution in [0.15, 0.2) is 4.99 Å². The molecule has 2 rings (SSSR count). The number of halogens is 1. The van der Waals surface area contributed by atoms with Crippen molar-refractivity contribution in [3.8, 4) is 0 Å². The van der Waals surface area contributed by atoms with Crippen molar-refractivity contribution >= 4 is 29.9 Å². The molecule has 0 atom stereocenters. The lowest BCUT2D eigenvalue weighted by Crippen LogP contribution is -2.42. The first-order valence-corrected chi connectivity index (χ1v) is 8.67. The van der Waals surface area contributed by atoms with Crippen molar-refractivity contribution in [3.05, 3.63) is 0 Å². The van der Waals surface area contributed by atoms with Crippen molar-refractivity contribution < 1.29 is 9.47 Å². The average Bonchev–Trinajstić information content (AvgIpc) is 3.33. The first kappa shape index (κ1) is 21.0. The molecule has 0 radical (unpaired) electrons. The Kier molecular flexibility index (Phi) is 9.77. The molecule has 2 fully saturated rings. The highest BCUT2D eigenvalue weighted by atomic mass is 127. The Balaban J connectivity index is 0.00000264. The van der Waals surface area contributed by atoms with E-state index in [1.54, 1.807) is 7.11 Å². The van der Waals surface area contributed by atoms with Crippen LogP contribution >= 0.6 is 24.0 Å². The molecule has 0 aromatic heterocycles. The molecule has 0 amide bonds. The van der Waals surface area contributed by atoms with Crippen molar-refractivity contribution in [2.24, 2.45) is 16.3 Å². The van der Waals surface area contributed by atoms with Crippen LogP contribution in [0.5, 0.6) is 0 Å². The number of ether oxygens (including phenoxy) is 2. The zero-order valence-electron chi connectivity index (χ0n) is 15.0. The van der Waals surface area contributed by atoms with Crippen LogP contribution in [0, 0.1) is 11.3 Å². The van der Waals surface area contributed by atoms with E-state index >= 15 is 0 Å². The molecular weight excluding hydrogens is 405 g/mol. The van der Waals surface area contributed by atoms with E-state index < -0.39 is 0 Å². The summed E-state index contributed by atoms with van der Waals surface area (Å²) in [6, 6.07) is 0. The Morgan fingerprint density at radius 3 is 2.61 bits per heavy atom. The summed E-state index contributed by atoms with van der Waals surface area (Å²) in [6.45, 7) is 4.81. The van der Waals surface area contributed by atoms with Crippen molar-refractivity contribution in [2.75, 3.05) is 54.1 Å². The van der Waals surface area contributed by atoms with E-state index in [4.69, 9.17) is 9.47 Å². The second kappa shape index (κ2) is 10.7. The third kappa shape index (κ3) is 7.13. The Hall–Kier alpha value is -0.0800. The van der Waals surface area contributed by atoms with Crippen molar-refractivity contribution in [2.45, 2.75) is 38.5 Å². The molecule has 0 unspecified atom stereocenters. The first-order chi connectivity index (χ1) is 10.7. The van der Waals surface area contributed by atoms with Crippen LogP contribution in [0.2, 0.25) is 0 Å². The predicted molar refractivity (Wildman–Crippen MR) is 106 cm³/mol. The summed E-state index contributed by atoms with van der Waals surface area (Å²) in [7, 11) is 5.80. The van der Waals surface area contributed by atoms with Gasteiger partial charge in [-0.1, -0.05) is 0 Å². The molecule has 1 N–H and O–H groups in total. The molecule has 1 heterocycles. The van der Waals surface area contributed by atoms with Gasteiger partial charge >= 0.3 is 0 Å². The Morgan fingerprint density at radius 1 is 1.35 bits per heavy atom. The standard InChI is InChI=1S/C17H33N3O2.HI/c1-18-16(19-14-17(7-8-17)9-13-21-3)20(2)10-4-15-5-11-22-12-6-15;/h15H,4-14H2,1-3H3,(H,18,19);1H. The van der Waals surface area contributed by atoms with E-state index in [1.165, 1.54) is 32.1 Å². The van der Waals surface area contributed by atoms with Gasteiger partial charge in [0, 0.05) is 54.1 Å². The normalized spacial score (nSPS) is 20.7. The fraction of sp³-hybridized carbons (Fsp3) is 0.941. The van der Waals surface area contributed by atoms with Gasteiger partial charge < -0.3 is 19.7 Å². The van der Waals surface area contributed by atoms with E-state index in [9.17, 15) is 0 Å². The van der Waals surface area contributed by atoms with Gasteiger partial charge in [0.2, 0.25) is 0 Å². The predicted octanol–water partition coefficient (Wildman–Crippen LogP) is 2.75. The Morgan fingerprint density at radius 2 is 2.04 bits per heavy atom. The van der Waals surface area contributed by atoms with E-state index in [0.717, 1.165) is 51.2 Å². The van der Waals surface area contributed by atoms with Gasteiger partial charge in [0.15, 0.2) is 5.96 Å². The third-order valence-corrected chi connectivity index (χ3v) is 5.20. The molecule has 136 valence electrons. The second-order valence-electron chi connectivity index (χ2n) is 6.91. The average molecular weight is 439 g/mol. The third-order valence-electron chi connectivity index (χ3n) is 5.20. The SMILES string of the molecule is CN=C(NCC1(CCOC)CC1)N(C)CCC1CCOCC1.I. The minimum absolute atomic E-state index is 0. The van der Waals surface area contributed by atoms with Crippen LogP contribution in [0.1, 0.15) is 38.5 Å². The summed E-state index contributed by atoms with van der Waals surface area (Å²) in [5.74, 6) is 1.83. The lowest BCUT2D eigenvalue weighted by molar-refractivity contribution is 0.0625. The Labute approximate surface area is 158 Å². The van der Waals surface area contributed by atoms with Crippen LogP contribution < -0.4 is 5.32 Å². The molecule has 6 heteroatoms. The van der Waals surface area contributed by atoms with Crippen LogP contribution in [0.3, 0.4) is 0 Å². The fourth-order valence-corrected chi connectivity index (χ4v) is 3.18. The number of guanidine groups is 1. The smallest absolute Gasteiger partial charge is 0.193 e. The van der Waals surface area contributed by atoms with Gasteiger partial charge in [-0.25, -0.2) is 0 Å². The van der Waals surface area contributed by atoms with Gasteiger partial charge in [-0.3, -0.25) is 4.99 Å². The second-order valence-corrected chi connectivity index (χ2v) is 6.91. The molecule has 1 aliphatic carbocycles. The molecule has 1 saturated heterocycles. The van der Waals surface area contributed by atoms with Gasteiger partial charge in [-0.05, 0) is 49.9 Å². The summed E-state index contributed by atoms with van der Waals surface area (Å²) in [5, 5.41) is 3.56.